The van der Waals surface area contributed by atoms with E-state index in [0.29, 0.717) is 37.7 Å². The second-order valence-electron chi connectivity index (χ2n) is 4.72. The predicted octanol–water partition coefficient (Wildman–Crippen LogP) is 1.74. The SMILES string of the molecule is COCCNC(=O)CCc1nc(-c2ccc(C)cc2)no1. The van der Waals surface area contributed by atoms with E-state index in [4.69, 9.17) is 9.26 Å². The van der Waals surface area contributed by atoms with Crippen LogP contribution in [0.5, 0.6) is 0 Å². The van der Waals surface area contributed by atoms with Gasteiger partial charge in [0.25, 0.3) is 0 Å². The van der Waals surface area contributed by atoms with E-state index in [0.717, 1.165) is 5.56 Å². The van der Waals surface area contributed by atoms with Crippen molar-refractivity contribution in [2.45, 2.75) is 19.8 Å². The van der Waals surface area contributed by atoms with Gasteiger partial charge in [0, 0.05) is 32.1 Å². The second kappa shape index (κ2) is 7.54. The highest BCUT2D eigenvalue weighted by Gasteiger charge is 2.10. The van der Waals surface area contributed by atoms with Crippen LogP contribution in [0, 0.1) is 6.92 Å². The number of benzene rings is 1. The third-order valence-electron chi connectivity index (χ3n) is 2.97. The molecule has 1 heterocycles. The van der Waals surface area contributed by atoms with E-state index in [-0.39, 0.29) is 5.91 Å². The number of aryl methyl sites for hydroxylation is 2. The van der Waals surface area contributed by atoms with Gasteiger partial charge in [-0.15, -0.1) is 0 Å². The first kappa shape index (κ1) is 15.2. The van der Waals surface area contributed by atoms with Gasteiger partial charge in [-0.2, -0.15) is 4.98 Å². The predicted molar refractivity (Wildman–Crippen MR) is 77.7 cm³/mol. The van der Waals surface area contributed by atoms with Crippen LogP contribution in [-0.4, -0.2) is 36.3 Å². The average Bonchev–Trinajstić information content (AvgIpc) is 2.95. The molecular formula is C15H19N3O3. The molecule has 1 aromatic carbocycles. The summed E-state index contributed by atoms with van der Waals surface area (Å²) >= 11 is 0. The lowest BCUT2D eigenvalue weighted by atomic mass is 10.1. The van der Waals surface area contributed by atoms with E-state index in [9.17, 15) is 4.79 Å². The Morgan fingerprint density at radius 2 is 2.10 bits per heavy atom. The molecule has 0 aliphatic rings. The fourth-order valence-corrected chi connectivity index (χ4v) is 1.78. The molecule has 1 amide bonds. The van der Waals surface area contributed by atoms with Gasteiger partial charge in [0.05, 0.1) is 6.61 Å². The number of carbonyl (C=O) groups excluding carboxylic acids is 1. The first-order valence-electron chi connectivity index (χ1n) is 6.84. The largest absolute Gasteiger partial charge is 0.383 e. The Morgan fingerprint density at radius 3 is 2.81 bits per heavy atom. The van der Waals surface area contributed by atoms with Crippen LogP contribution in [0.3, 0.4) is 0 Å². The Kier molecular flexibility index (Phi) is 5.45. The molecule has 0 aliphatic carbocycles. The van der Waals surface area contributed by atoms with Crippen molar-refractivity contribution in [3.8, 4) is 11.4 Å². The summed E-state index contributed by atoms with van der Waals surface area (Å²) in [5, 5.41) is 6.68. The number of nitrogens with zero attached hydrogens (tertiary/aromatic N) is 2. The Bertz CT molecular complexity index is 578. The molecule has 0 spiro atoms. The van der Waals surface area contributed by atoms with Crippen molar-refractivity contribution in [1.29, 1.82) is 0 Å². The van der Waals surface area contributed by atoms with Crippen LogP contribution in [-0.2, 0) is 16.0 Å². The third kappa shape index (κ3) is 4.68. The summed E-state index contributed by atoms with van der Waals surface area (Å²) in [6.07, 6.45) is 0.747. The second-order valence-corrected chi connectivity index (χ2v) is 4.72. The van der Waals surface area contributed by atoms with Crippen LogP contribution in [0.2, 0.25) is 0 Å². The normalized spacial score (nSPS) is 10.6. The minimum atomic E-state index is -0.0536. The molecule has 0 aliphatic heterocycles. The van der Waals surface area contributed by atoms with Crippen LogP contribution in [0.25, 0.3) is 11.4 Å². The average molecular weight is 289 g/mol. The molecule has 0 unspecified atom stereocenters. The molecule has 0 fully saturated rings. The highest BCUT2D eigenvalue weighted by Crippen LogP contribution is 2.16. The molecule has 0 saturated heterocycles. The first-order chi connectivity index (χ1) is 10.2. The number of amides is 1. The number of methoxy groups -OCH3 is 1. The number of carbonyl (C=O) groups is 1. The van der Waals surface area contributed by atoms with Crippen LogP contribution in [0.4, 0.5) is 0 Å². The van der Waals surface area contributed by atoms with Crippen molar-refractivity contribution < 1.29 is 14.1 Å². The fraction of sp³-hybridized carbons (Fsp3) is 0.400. The van der Waals surface area contributed by atoms with Crippen LogP contribution < -0.4 is 5.32 Å². The summed E-state index contributed by atoms with van der Waals surface area (Å²) in [4.78, 5) is 15.8. The van der Waals surface area contributed by atoms with Gasteiger partial charge < -0.3 is 14.6 Å². The molecule has 0 bridgehead atoms. The van der Waals surface area contributed by atoms with Gasteiger partial charge in [-0.25, -0.2) is 0 Å². The summed E-state index contributed by atoms with van der Waals surface area (Å²) in [5.74, 6) is 0.958. The molecular weight excluding hydrogens is 270 g/mol. The Morgan fingerprint density at radius 1 is 1.33 bits per heavy atom. The van der Waals surface area contributed by atoms with E-state index in [2.05, 4.69) is 15.5 Å². The van der Waals surface area contributed by atoms with Crippen LogP contribution in [0.15, 0.2) is 28.8 Å². The van der Waals surface area contributed by atoms with Gasteiger partial charge in [-0.1, -0.05) is 35.0 Å². The van der Waals surface area contributed by atoms with E-state index >= 15 is 0 Å². The van der Waals surface area contributed by atoms with E-state index in [1.165, 1.54) is 5.56 Å². The Balaban J connectivity index is 1.86. The van der Waals surface area contributed by atoms with E-state index in [1.54, 1.807) is 7.11 Å². The lowest BCUT2D eigenvalue weighted by molar-refractivity contribution is -0.121. The van der Waals surface area contributed by atoms with Crippen LogP contribution in [0.1, 0.15) is 17.9 Å². The third-order valence-corrected chi connectivity index (χ3v) is 2.97. The Labute approximate surface area is 123 Å². The minimum Gasteiger partial charge on any atom is -0.383 e. The zero-order chi connectivity index (χ0) is 15.1. The molecule has 2 aromatic rings. The molecule has 2 rings (SSSR count). The molecule has 112 valence electrons. The molecule has 1 aromatic heterocycles. The Hall–Kier alpha value is -2.21. The van der Waals surface area contributed by atoms with Crippen molar-refractivity contribution in [3.63, 3.8) is 0 Å². The van der Waals surface area contributed by atoms with Gasteiger partial charge in [0.2, 0.25) is 17.6 Å². The number of rotatable bonds is 7. The standard InChI is InChI=1S/C15H19N3O3/c1-11-3-5-12(6-4-11)15-17-14(21-18-15)8-7-13(19)16-9-10-20-2/h3-6H,7-10H2,1-2H3,(H,16,19). The van der Waals surface area contributed by atoms with Crippen LogP contribution >= 0.6 is 0 Å². The number of nitrogens with one attached hydrogen (secondary N) is 1. The summed E-state index contributed by atoms with van der Waals surface area (Å²) < 4.78 is 10.0. The molecule has 0 atom stereocenters. The molecule has 21 heavy (non-hydrogen) atoms. The number of ether oxygens (including phenoxy) is 1. The zero-order valence-electron chi connectivity index (χ0n) is 12.3. The van der Waals surface area contributed by atoms with Crippen molar-refractivity contribution in [2.75, 3.05) is 20.3 Å². The number of hydrogen-bond donors (Lipinski definition) is 1. The topological polar surface area (TPSA) is 77.2 Å². The van der Waals surface area contributed by atoms with E-state index in [1.807, 2.05) is 31.2 Å². The highest BCUT2D eigenvalue weighted by molar-refractivity contribution is 5.76. The lowest BCUT2D eigenvalue weighted by Crippen LogP contribution is -2.27. The quantitative estimate of drug-likeness (QED) is 0.786. The molecule has 1 N–H and O–H groups in total. The minimum absolute atomic E-state index is 0.0536. The maximum atomic E-state index is 11.5. The van der Waals surface area contributed by atoms with Gasteiger partial charge in [0.1, 0.15) is 0 Å². The van der Waals surface area contributed by atoms with Gasteiger partial charge in [-0.3, -0.25) is 4.79 Å². The highest BCUT2D eigenvalue weighted by atomic mass is 16.5. The van der Waals surface area contributed by atoms with Crippen molar-refractivity contribution in [2.24, 2.45) is 0 Å². The molecule has 6 heteroatoms. The number of hydrogen-bond acceptors (Lipinski definition) is 5. The van der Waals surface area contributed by atoms with Gasteiger partial charge in [0.15, 0.2) is 0 Å². The zero-order valence-corrected chi connectivity index (χ0v) is 12.3. The summed E-state index contributed by atoms with van der Waals surface area (Å²) in [7, 11) is 1.59. The van der Waals surface area contributed by atoms with E-state index < -0.39 is 0 Å². The molecule has 0 radical (unpaired) electrons. The molecule has 0 saturated carbocycles. The maximum absolute atomic E-state index is 11.5. The maximum Gasteiger partial charge on any atom is 0.227 e. The summed E-state index contributed by atoms with van der Waals surface area (Å²) in [5.41, 5.74) is 2.08. The smallest absolute Gasteiger partial charge is 0.227 e. The van der Waals surface area contributed by atoms with Gasteiger partial charge >= 0.3 is 0 Å². The lowest BCUT2D eigenvalue weighted by Gasteiger charge is -2.02. The number of aromatic nitrogens is 2. The fourth-order valence-electron chi connectivity index (χ4n) is 1.78. The van der Waals surface area contributed by atoms with Crippen molar-refractivity contribution in [1.82, 2.24) is 15.5 Å². The van der Waals surface area contributed by atoms with Gasteiger partial charge in [-0.05, 0) is 6.92 Å². The first-order valence-corrected chi connectivity index (χ1v) is 6.84. The summed E-state index contributed by atoms with van der Waals surface area (Å²) in [6, 6.07) is 7.88. The monoisotopic (exact) mass is 289 g/mol. The van der Waals surface area contributed by atoms with Crippen molar-refractivity contribution >= 4 is 5.91 Å². The van der Waals surface area contributed by atoms with Crippen molar-refractivity contribution in [3.05, 3.63) is 35.7 Å². The summed E-state index contributed by atoms with van der Waals surface area (Å²) in [6.45, 7) is 3.03. The molecule has 6 nitrogen and oxygen atoms in total.